The number of ketones is 1. The summed E-state index contributed by atoms with van der Waals surface area (Å²) >= 11 is 0. The largest absolute Gasteiger partial charge is 0.481 e. The van der Waals surface area contributed by atoms with E-state index in [-0.39, 0.29) is 24.7 Å². The first kappa shape index (κ1) is 11.4. The van der Waals surface area contributed by atoms with Crippen molar-refractivity contribution in [1.29, 1.82) is 0 Å². The number of carboxylic acids is 1. The van der Waals surface area contributed by atoms with Gasteiger partial charge in [-0.1, -0.05) is 0 Å². The first-order valence-corrected chi connectivity index (χ1v) is 4.79. The van der Waals surface area contributed by atoms with E-state index in [4.69, 9.17) is 5.11 Å². The third kappa shape index (κ3) is 2.90. The molecule has 1 heterocycles. The molecule has 1 aromatic rings. The fourth-order valence-electron chi connectivity index (χ4n) is 1.28. The fraction of sp³-hybridized carbons (Fsp3) is 0.500. The Morgan fingerprint density at radius 3 is 2.67 bits per heavy atom. The summed E-state index contributed by atoms with van der Waals surface area (Å²) in [5.74, 6) is -1.14. The van der Waals surface area contributed by atoms with Crippen molar-refractivity contribution >= 4 is 11.8 Å². The average molecular weight is 210 g/mol. The molecule has 5 nitrogen and oxygen atoms in total. The van der Waals surface area contributed by atoms with Gasteiger partial charge in [-0.3, -0.25) is 9.59 Å². The maximum absolute atomic E-state index is 11.6. The molecule has 15 heavy (non-hydrogen) atoms. The second-order valence-corrected chi connectivity index (χ2v) is 3.60. The van der Waals surface area contributed by atoms with Gasteiger partial charge in [0.2, 0.25) is 0 Å². The van der Waals surface area contributed by atoms with Crippen molar-refractivity contribution in [3.63, 3.8) is 0 Å². The van der Waals surface area contributed by atoms with Gasteiger partial charge >= 0.3 is 5.97 Å². The maximum atomic E-state index is 11.6. The molecule has 0 unspecified atom stereocenters. The van der Waals surface area contributed by atoms with Crippen LogP contribution < -0.4 is 0 Å². The van der Waals surface area contributed by atoms with Crippen LogP contribution in [-0.2, 0) is 4.79 Å². The van der Waals surface area contributed by atoms with Gasteiger partial charge in [-0.25, -0.2) is 4.98 Å². The fourth-order valence-corrected chi connectivity index (χ4v) is 1.28. The van der Waals surface area contributed by atoms with Crippen molar-refractivity contribution in [3.8, 4) is 0 Å². The van der Waals surface area contributed by atoms with Crippen molar-refractivity contribution in [2.24, 2.45) is 0 Å². The monoisotopic (exact) mass is 210 g/mol. The van der Waals surface area contributed by atoms with Gasteiger partial charge < -0.3 is 9.67 Å². The summed E-state index contributed by atoms with van der Waals surface area (Å²) in [6.45, 7) is 3.88. The van der Waals surface area contributed by atoms with E-state index in [1.807, 2.05) is 13.8 Å². The van der Waals surface area contributed by atoms with Gasteiger partial charge in [0.25, 0.3) is 0 Å². The number of rotatable bonds is 5. The van der Waals surface area contributed by atoms with Crippen molar-refractivity contribution in [2.75, 3.05) is 0 Å². The van der Waals surface area contributed by atoms with Crippen LogP contribution in [0.4, 0.5) is 0 Å². The van der Waals surface area contributed by atoms with Crippen LogP contribution in [0.2, 0.25) is 0 Å². The molecule has 0 bridgehead atoms. The van der Waals surface area contributed by atoms with Crippen molar-refractivity contribution in [1.82, 2.24) is 9.55 Å². The highest BCUT2D eigenvalue weighted by molar-refractivity contribution is 5.95. The third-order valence-corrected chi connectivity index (χ3v) is 2.07. The van der Waals surface area contributed by atoms with E-state index in [1.54, 1.807) is 10.9 Å². The number of carbonyl (C=O) groups is 2. The quantitative estimate of drug-likeness (QED) is 0.748. The topological polar surface area (TPSA) is 72.2 Å². The zero-order valence-electron chi connectivity index (χ0n) is 8.80. The molecular weight excluding hydrogens is 196 g/mol. The zero-order valence-corrected chi connectivity index (χ0v) is 8.80. The van der Waals surface area contributed by atoms with Crippen molar-refractivity contribution in [2.45, 2.75) is 32.7 Å². The number of nitrogens with zero attached hydrogens (tertiary/aromatic N) is 2. The first-order valence-electron chi connectivity index (χ1n) is 4.79. The van der Waals surface area contributed by atoms with E-state index in [2.05, 4.69) is 4.98 Å². The Kier molecular flexibility index (Phi) is 3.60. The van der Waals surface area contributed by atoms with Gasteiger partial charge in [0, 0.05) is 12.5 Å². The SMILES string of the molecule is CC(C)n1cncc1C(=O)CCC(=O)O. The normalized spacial score (nSPS) is 10.6. The standard InChI is InChI=1S/C10H14N2O3/c1-7(2)12-6-11-5-8(12)9(13)3-4-10(14)15/h5-7H,3-4H2,1-2H3,(H,14,15). The highest BCUT2D eigenvalue weighted by Crippen LogP contribution is 2.11. The minimum atomic E-state index is -0.959. The Balaban J connectivity index is 2.73. The average Bonchev–Trinajstić information content (AvgIpc) is 2.62. The molecule has 82 valence electrons. The lowest BCUT2D eigenvalue weighted by Crippen LogP contribution is -2.11. The third-order valence-electron chi connectivity index (χ3n) is 2.07. The Labute approximate surface area is 87.7 Å². The van der Waals surface area contributed by atoms with E-state index in [1.165, 1.54) is 6.20 Å². The molecule has 1 rings (SSSR count). The molecule has 1 aromatic heterocycles. The summed E-state index contributed by atoms with van der Waals surface area (Å²) in [5.41, 5.74) is 0.478. The number of carbonyl (C=O) groups excluding carboxylic acids is 1. The van der Waals surface area contributed by atoms with Crippen LogP contribution in [0, 0.1) is 0 Å². The molecule has 0 radical (unpaired) electrons. The molecule has 0 atom stereocenters. The van der Waals surface area contributed by atoms with Crippen LogP contribution in [0.15, 0.2) is 12.5 Å². The number of aromatic nitrogens is 2. The van der Waals surface area contributed by atoms with Gasteiger partial charge in [0.05, 0.1) is 18.9 Å². The highest BCUT2D eigenvalue weighted by atomic mass is 16.4. The van der Waals surface area contributed by atoms with Gasteiger partial charge in [-0.05, 0) is 13.8 Å². The Bertz CT molecular complexity index is 368. The summed E-state index contributed by atoms with van der Waals surface area (Å²) in [5, 5.41) is 8.46. The number of hydrogen-bond donors (Lipinski definition) is 1. The molecule has 0 saturated carbocycles. The van der Waals surface area contributed by atoms with Crippen LogP contribution in [-0.4, -0.2) is 26.4 Å². The molecule has 0 aromatic carbocycles. The summed E-state index contributed by atoms with van der Waals surface area (Å²) in [4.78, 5) is 25.8. The van der Waals surface area contributed by atoms with Crippen LogP contribution >= 0.6 is 0 Å². The van der Waals surface area contributed by atoms with Crippen LogP contribution in [0.3, 0.4) is 0 Å². The predicted octanol–water partition coefficient (Wildman–Crippen LogP) is 1.51. The molecule has 0 saturated heterocycles. The maximum Gasteiger partial charge on any atom is 0.303 e. The van der Waals surface area contributed by atoms with Gasteiger partial charge in [0.15, 0.2) is 5.78 Å². The number of carboxylic acid groups (broad SMARTS) is 1. The second kappa shape index (κ2) is 4.72. The number of imidazole rings is 1. The highest BCUT2D eigenvalue weighted by Gasteiger charge is 2.14. The van der Waals surface area contributed by atoms with Crippen LogP contribution in [0.25, 0.3) is 0 Å². The summed E-state index contributed by atoms with van der Waals surface area (Å²) in [6.07, 6.45) is 2.94. The Morgan fingerprint density at radius 2 is 2.13 bits per heavy atom. The summed E-state index contributed by atoms with van der Waals surface area (Å²) < 4.78 is 1.74. The zero-order chi connectivity index (χ0) is 11.4. The number of hydrogen-bond acceptors (Lipinski definition) is 3. The molecule has 0 amide bonds. The Morgan fingerprint density at radius 1 is 1.47 bits per heavy atom. The van der Waals surface area contributed by atoms with Crippen molar-refractivity contribution in [3.05, 3.63) is 18.2 Å². The molecule has 1 N–H and O–H groups in total. The molecule has 0 aliphatic carbocycles. The van der Waals surface area contributed by atoms with Crippen LogP contribution in [0.5, 0.6) is 0 Å². The first-order chi connectivity index (χ1) is 7.02. The smallest absolute Gasteiger partial charge is 0.303 e. The molecular formula is C10H14N2O3. The molecule has 0 fully saturated rings. The minimum absolute atomic E-state index is 0.0216. The number of aliphatic carboxylic acids is 1. The van der Waals surface area contributed by atoms with Gasteiger partial charge in [-0.15, -0.1) is 0 Å². The van der Waals surface area contributed by atoms with E-state index in [0.29, 0.717) is 5.69 Å². The molecule has 0 spiro atoms. The van der Waals surface area contributed by atoms with Gasteiger partial charge in [-0.2, -0.15) is 0 Å². The number of Topliss-reactive ketones (excluding diaryl/α,β-unsaturated/α-hetero) is 1. The van der Waals surface area contributed by atoms with E-state index < -0.39 is 5.97 Å². The lowest BCUT2D eigenvalue weighted by atomic mass is 10.1. The second-order valence-electron chi connectivity index (χ2n) is 3.60. The Hall–Kier alpha value is -1.65. The lowest BCUT2D eigenvalue weighted by Gasteiger charge is -2.09. The minimum Gasteiger partial charge on any atom is -0.481 e. The molecule has 0 aliphatic rings. The molecule has 5 heteroatoms. The van der Waals surface area contributed by atoms with E-state index in [0.717, 1.165) is 0 Å². The molecule has 0 aliphatic heterocycles. The van der Waals surface area contributed by atoms with Gasteiger partial charge in [0.1, 0.15) is 5.69 Å². The van der Waals surface area contributed by atoms with E-state index >= 15 is 0 Å². The summed E-state index contributed by atoms with van der Waals surface area (Å²) in [7, 11) is 0. The summed E-state index contributed by atoms with van der Waals surface area (Å²) in [6, 6.07) is 0.149. The predicted molar refractivity (Wildman–Crippen MR) is 53.8 cm³/mol. The van der Waals surface area contributed by atoms with Crippen LogP contribution in [0.1, 0.15) is 43.2 Å². The van der Waals surface area contributed by atoms with Crippen molar-refractivity contribution < 1.29 is 14.7 Å². The lowest BCUT2D eigenvalue weighted by molar-refractivity contribution is -0.136. The van der Waals surface area contributed by atoms with E-state index in [9.17, 15) is 9.59 Å².